The molecule has 38 heavy (non-hydrogen) atoms. The summed E-state index contributed by atoms with van der Waals surface area (Å²) in [7, 11) is 0. The number of thiophene rings is 1. The van der Waals surface area contributed by atoms with E-state index in [-0.39, 0.29) is 0 Å². The Labute approximate surface area is 223 Å². The normalized spacial score (nSPS) is 11.7. The van der Waals surface area contributed by atoms with Crippen LogP contribution < -0.4 is 0 Å². The lowest BCUT2D eigenvalue weighted by Crippen LogP contribution is -1.95. The first-order valence-corrected chi connectivity index (χ1v) is 13.5. The highest BCUT2D eigenvalue weighted by molar-refractivity contribution is 7.25. The van der Waals surface area contributed by atoms with E-state index in [1.807, 2.05) is 42.1 Å². The van der Waals surface area contributed by atoms with Crippen molar-refractivity contribution in [2.75, 3.05) is 0 Å². The number of hydrogen-bond donors (Lipinski definition) is 0. The maximum atomic E-state index is 5.06. The van der Waals surface area contributed by atoms with Crippen LogP contribution in [0.5, 0.6) is 0 Å². The smallest absolute Gasteiger partial charge is 0.0964 e. The van der Waals surface area contributed by atoms with Gasteiger partial charge in [-0.05, 0) is 53.6 Å². The quantitative estimate of drug-likeness (QED) is 0.240. The maximum Gasteiger partial charge on any atom is 0.0964 e. The van der Waals surface area contributed by atoms with Gasteiger partial charge in [-0.1, -0.05) is 66.7 Å². The van der Waals surface area contributed by atoms with Gasteiger partial charge in [0.2, 0.25) is 0 Å². The van der Waals surface area contributed by atoms with Crippen molar-refractivity contribution >= 4 is 53.4 Å². The van der Waals surface area contributed by atoms with E-state index in [1.54, 1.807) is 0 Å². The van der Waals surface area contributed by atoms with Crippen LogP contribution in [-0.2, 0) is 0 Å². The van der Waals surface area contributed by atoms with Crippen molar-refractivity contribution in [1.29, 1.82) is 0 Å². The summed E-state index contributed by atoms with van der Waals surface area (Å²) in [6.45, 7) is 0. The number of fused-ring (bicyclic) bond motifs is 6. The van der Waals surface area contributed by atoms with Gasteiger partial charge in [0.15, 0.2) is 0 Å². The summed E-state index contributed by atoms with van der Waals surface area (Å²) in [4.78, 5) is 9.39. The number of hydrogen-bond acceptors (Lipinski definition) is 3. The Morgan fingerprint density at radius 1 is 0.526 bits per heavy atom. The van der Waals surface area contributed by atoms with Gasteiger partial charge < -0.3 is 4.57 Å². The molecule has 0 radical (unpaired) electrons. The van der Waals surface area contributed by atoms with Gasteiger partial charge in [0.25, 0.3) is 0 Å². The Balaban J connectivity index is 1.47. The minimum Gasteiger partial charge on any atom is -0.308 e. The van der Waals surface area contributed by atoms with E-state index in [0.29, 0.717) is 0 Å². The maximum absolute atomic E-state index is 5.06. The molecule has 0 spiro atoms. The molecule has 0 aliphatic rings. The number of benzene rings is 4. The lowest BCUT2D eigenvalue weighted by molar-refractivity contribution is 1.18. The molecule has 0 atom stereocenters. The fourth-order valence-corrected chi connectivity index (χ4v) is 6.64. The number of pyridine rings is 2. The lowest BCUT2D eigenvalue weighted by atomic mass is 10.1. The van der Waals surface area contributed by atoms with Gasteiger partial charge in [0.05, 0.1) is 16.6 Å². The summed E-state index contributed by atoms with van der Waals surface area (Å²) >= 11 is 1.85. The Morgan fingerprint density at radius 2 is 1.37 bits per heavy atom. The van der Waals surface area contributed by atoms with Crippen LogP contribution in [-0.4, -0.2) is 14.5 Å². The highest BCUT2D eigenvalue weighted by Gasteiger charge is 2.18. The zero-order valence-corrected chi connectivity index (χ0v) is 21.2. The summed E-state index contributed by atoms with van der Waals surface area (Å²) in [5, 5.41) is 3.76. The number of rotatable bonds is 3. The minimum absolute atomic E-state index is 1.02. The molecule has 8 rings (SSSR count). The molecule has 178 valence electrons. The van der Waals surface area contributed by atoms with Crippen molar-refractivity contribution in [2.45, 2.75) is 0 Å². The molecule has 0 bridgehead atoms. The highest BCUT2D eigenvalue weighted by atomic mass is 32.1. The molecule has 0 unspecified atom stereocenters. The first kappa shape index (κ1) is 21.3. The fourth-order valence-electron chi connectivity index (χ4n) is 5.52. The van der Waals surface area contributed by atoms with Crippen LogP contribution in [0.25, 0.3) is 70.0 Å². The van der Waals surface area contributed by atoms with Gasteiger partial charge in [-0.3, -0.25) is 9.97 Å². The second-order valence-electron chi connectivity index (χ2n) is 9.55. The van der Waals surface area contributed by atoms with E-state index in [4.69, 9.17) is 4.98 Å². The van der Waals surface area contributed by atoms with E-state index in [0.717, 1.165) is 39.0 Å². The molecular weight excluding hydrogens is 482 g/mol. The summed E-state index contributed by atoms with van der Waals surface area (Å²) in [6, 6.07) is 38.9. The molecule has 0 saturated heterocycles. The third-order valence-corrected chi connectivity index (χ3v) is 8.44. The molecule has 0 amide bonds. The van der Waals surface area contributed by atoms with E-state index in [2.05, 4.69) is 107 Å². The lowest BCUT2D eigenvalue weighted by Gasteiger charge is -2.11. The molecule has 0 saturated carbocycles. The topological polar surface area (TPSA) is 30.7 Å². The summed E-state index contributed by atoms with van der Waals surface area (Å²) in [6.07, 6.45) is 5.73. The Morgan fingerprint density at radius 3 is 2.26 bits per heavy atom. The molecule has 4 aromatic heterocycles. The average Bonchev–Trinajstić information content (AvgIpc) is 3.51. The van der Waals surface area contributed by atoms with E-state index < -0.39 is 0 Å². The molecular formula is C34H21N3S. The second kappa shape index (κ2) is 8.37. The molecule has 0 fully saturated rings. The number of nitrogens with zero attached hydrogens (tertiary/aromatic N) is 3. The van der Waals surface area contributed by atoms with Gasteiger partial charge in [0.1, 0.15) is 0 Å². The monoisotopic (exact) mass is 503 g/mol. The fraction of sp³-hybridized carbons (Fsp3) is 0. The summed E-state index contributed by atoms with van der Waals surface area (Å²) < 4.78 is 4.96. The molecule has 0 N–H and O–H groups in total. The number of aromatic nitrogens is 3. The van der Waals surface area contributed by atoms with Gasteiger partial charge in [0, 0.05) is 61.0 Å². The van der Waals surface area contributed by atoms with Gasteiger partial charge in [-0.2, -0.15) is 0 Å². The van der Waals surface area contributed by atoms with Crippen LogP contribution in [0.3, 0.4) is 0 Å². The Bertz CT molecular complexity index is 2120. The van der Waals surface area contributed by atoms with Crippen LogP contribution in [0.15, 0.2) is 128 Å². The second-order valence-corrected chi connectivity index (χ2v) is 10.6. The Kier molecular flexibility index (Phi) is 4.69. The molecule has 4 aromatic carbocycles. The van der Waals surface area contributed by atoms with Crippen molar-refractivity contribution in [3.63, 3.8) is 0 Å². The van der Waals surface area contributed by atoms with Crippen LogP contribution in [0.1, 0.15) is 0 Å². The third-order valence-electron chi connectivity index (χ3n) is 7.31. The van der Waals surface area contributed by atoms with Crippen molar-refractivity contribution in [3.05, 3.63) is 128 Å². The minimum atomic E-state index is 1.02. The van der Waals surface area contributed by atoms with Crippen LogP contribution in [0.2, 0.25) is 0 Å². The third kappa shape index (κ3) is 3.28. The zero-order valence-electron chi connectivity index (χ0n) is 20.4. The molecule has 0 aliphatic heterocycles. The Hall–Kier alpha value is -4.80. The van der Waals surface area contributed by atoms with E-state index in [1.165, 1.54) is 31.1 Å². The molecule has 4 heteroatoms. The molecule has 3 nitrogen and oxygen atoms in total. The molecule has 0 aliphatic carbocycles. The van der Waals surface area contributed by atoms with Gasteiger partial charge >= 0.3 is 0 Å². The average molecular weight is 504 g/mol. The van der Waals surface area contributed by atoms with Crippen molar-refractivity contribution in [3.8, 4) is 27.9 Å². The zero-order chi connectivity index (χ0) is 25.1. The predicted molar refractivity (Wildman–Crippen MR) is 160 cm³/mol. The van der Waals surface area contributed by atoms with Crippen molar-refractivity contribution in [2.24, 2.45) is 0 Å². The molecule has 4 heterocycles. The first-order chi connectivity index (χ1) is 18.8. The van der Waals surface area contributed by atoms with Gasteiger partial charge in [-0.15, -0.1) is 11.3 Å². The summed E-state index contributed by atoms with van der Waals surface area (Å²) in [5.74, 6) is 0. The first-order valence-electron chi connectivity index (χ1n) is 12.7. The largest absolute Gasteiger partial charge is 0.308 e. The van der Waals surface area contributed by atoms with Crippen LogP contribution >= 0.6 is 11.3 Å². The van der Waals surface area contributed by atoms with Crippen LogP contribution in [0, 0.1) is 0 Å². The SMILES string of the molecule is c1ccc(-c2cnc3c4cc5c(cc4n(-c4cccc(-c6cccnc6)c4)c3c2)sc2ccccc25)cc1. The molecule has 8 aromatic rings. The highest BCUT2D eigenvalue weighted by Crippen LogP contribution is 2.41. The standard InChI is InChI=1S/C34H21N3S/c1-2-8-22(9-3-1)25-17-31-34(36-21-25)29-18-28-27-13-4-5-14-32(27)38-33(28)19-30(29)37(31)26-12-6-10-23(16-26)24-11-7-15-35-20-24/h1-21H. The van der Waals surface area contributed by atoms with Crippen molar-refractivity contribution < 1.29 is 0 Å². The predicted octanol–water partition coefficient (Wildman–Crippen LogP) is 9.28. The van der Waals surface area contributed by atoms with E-state index in [9.17, 15) is 0 Å². The van der Waals surface area contributed by atoms with Crippen LogP contribution in [0.4, 0.5) is 0 Å². The van der Waals surface area contributed by atoms with Gasteiger partial charge in [-0.25, -0.2) is 0 Å². The van der Waals surface area contributed by atoms with E-state index >= 15 is 0 Å². The summed E-state index contributed by atoms with van der Waals surface area (Å²) in [5.41, 5.74) is 8.91. The van der Waals surface area contributed by atoms with Crippen molar-refractivity contribution in [1.82, 2.24) is 14.5 Å².